The summed E-state index contributed by atoms with van der Waals surface area (Å²) in [4.78, 5) is 32.3. The van der Waals surface area contributed by atoms with Crippen LogP contribution < -0.4 is 10.2 Å². The highest BCUT2D eigenvalue weighted by molar-refractivity contribution is 7.44. The second kappa shape index (κ2) is 14.5. The van der Waals surface area contributed by atoms with Gasteiger partial charge >= 0.3 is 0 Å². The van der Waals surface area contributed by atoms with E-state index in [9.17, 15) is 14.3 Å². The molecule has 0 bridgehead atoms. The van der Waals surface area contributed by atoms with E-state index < -0.39 is 13.9 Å². The fourth-order valence-corrected chi connectivity index (χ4v) is 3.60. The number of carbonyl (C=O) groups excluding carboxylic acids is 1. The van der Waals surface area contributed by atoms with Crippen LogP contribution >= 0.6 is 7.82 Å². The van der Waals surface area contributed by atoms with Gasteiger partial charge in [0.1, 0.15) is 12.6 Å². The second-order valence-corrected chi connectivity index (χ2v) is 9.45. The minimum atomic E-state index is -4.85. The van der Waals surface area contributed by atoms with Crippen LogP contribution in [0, 0.1) is 0 Å². The first-order valence-corrected chi connectivity index (χ1v) is 11.9. The Morgan fingerprint density at radius 1 is 1.11 bits per heavy atom. The number of unbranched alkanes of at least 4 members (excludes halogenated alkanes) is 5. The molecule has 0 saturated heterocycles. The van der Waals surface area contributed by atoms with Gasteiger partial charge in [0.05, 0.1) is 27.2 Å². The van der Waals surface area contributed by atoms with Crippen molar-refractivity contribution in [3.05, 3.63) is 0 Å². The number of quaternary nitrogens is 1. The summed E-state index contributed by atoms with van der Waals surface area (Å²) < 4.78 is 22.2. The Balaban J connectivity index is 4.48. The maximum absolute atomic E-state index is 12.0. The fraction of sp³-hybridized carbons (Fsp3) is 0.947. The number of phosphoric ester groups is 1. The van der Waals surface area contributed by atoms with Crippen LogP contribution in [0.3, 0.4) is 0 Å². The van der Waals surface area contributed by atoms with E-state index in [4.69, 9.17) is 14.2 Å². The molecule has 1 amide bonds. The lowest BCUT2D eigenvalue weighted by atomic mass is 10.1. The van der Waals surface area contributed by atoms with Gasteiger partial charge in [0.2, 0.25) is 5.91 Å². The number of carbonyl (C=O) groups is 1. The Bertz CT molecular complexity index is 464. The molecule has 0 spiro atoms. The van der Waals surface area contributed by atoms with Gasteiger partial charge < -0.3 is 28.8 Å². The van der Waals surface area contributed by atoms with E-state index in [1.807, 2.05) is 28.1 Å². The van der Waals surface area contributed by atoms with Gasteiger partial charge in [0, 0.05) is 26.0 Å². The first kappa shape index (κ1) is 27.5. The molecule has 8 nitrogen and oxygen atoms in total. The van der Waals surface area contributed by atoms with Gasteiger partial charge in [0.15, 0.2) is 0 Å². The molecule has 3 atom stereocenters. The number of phosphoric acid groups is 1. The maximum atomic E-state index is 12.0. The van der Waals surface area contributed by atoms with E-state index >= 15 is 0 Å². The highest BCUT2D eigenvalue weighted by Gasteiger charge is 2.26. The lowest BCUT2D eigenvalue weighted by Crippen LogP contribution is -2.45. The van der Waals surface area contributed by atoms with Crippen molar-refractivity contribution in [2.45, 2.75) is 77.4 Å². The van der Waals surface area contributed by atoms with Crippen molar-refractivity contribution in [1.82, 2.24) is 5.32 Å². The van der Waals surface area contributed by atoms with Crippen molar-refractivity contribution in [1.29, 1.82) is 0 Å². The number of nitrogens with one attached hydrogen (secondary N) is 1. The van der Waals surface area contributed by atoms with Crippen LogP contribution in [0.15, 0.2) is 0 Å². The molecule has 0 aromatic carbocycles. The average Bonchev–Trinajstić information content (AvgIpc) is 2.53. The number of nitrogens with zero attached hydrogens (tertiary/aromatic N) is 1. The summed E-state index contributed by atoms with van der Waals surface area (Å²) in [6.45, 7) is 5.11. The fourth-order valence-electron chi connectivity index (χ4n) is 3.07. The maximum Gasteiger partial charge on any atom is 0.265 e. The van der Waals surface area contributed by atoms with Crippen molar-refractivity contribution in [2.24, 2.45) is 0 Å². The second-order valence-electron chi connectivity index (χ2n) is 8.30. The van der Waals surface area contributed by atoms with Gasteiger partial charge in [-0.05, 0) is 13.3 Å². The average molecular weight is 425 g/mol. The van der Waals surface area contributed by atoms with Crippen molar-refractivity contribution < 1.29 is 32.9 Å². The van der Waals surface area contributed by atoms with Crippen LogP contribution in [0.25, 0.3) is 0 Å². The molecule has 9 heteroatoms. The molecular formula is C19H41N2O6P. The lowest BCUT2D eigenvalue weighted by molar-refractivity contribution is -0.873. The van der Waals surface area contributed by atoms with Crippen LogP contribution in [0.4, 0.5) is 0 Å². The normalized spacial score (nSPS) is 16.4. The summed E-state index contributed by atoms with van der Waals surface area (Å²) in [6, 6.07) is 0. The summed E-state index contributed by atoms with van der Waals surface area (Å²) in [5.41, 5.74) is 0. The van der Waals surface area contributed by atoms with Gasteiger partial charge in [-0.1, -0.05) is 39.0 Å². The molecule has 0 radical (unpaired) electrons. The van der Waals surface area contributed by atoms with E-state index in [1.54, 1.807) is 0 Å². The zero-order valence-electron chi connectivity index (χ0n) is 18.3. The van der Waals surface area contributed by atoms with Crippen molar-refractivity contribution in [3.8, 4) is 0 Å². The molecule has 0 fully saturated rings. The first-order valence-electron chi connectivity index (χ1n) is 10.4. The molecular weight excluding hydrogens is 383 g/mol. The molecule has 3 unspecified atom stereocenters. The highest BCUT2D eigenvalue weighted by Crippen LogP contribution is 2.34. The number of amides is 1. The van der Waals surface area contributed by atoms with Crippen LogP contribution in [0.5, 0.6) is 0 Å². The molecule has 0 aliphatic carbocycles. The largest absolute Gasteiger partial charge is 0.756 e. The topological polar surface area (TPSA) is 108 Å². The van der Waals surface area contributed by atoms with Crippen molar-refractivity contribution in [2.75, 3.05) is 40.8 Å². The van der Waals surface area contributed by atoms with Crippen molar-refractivity contribution in [3.63, 3.8) is 0 Å². The zero-order valence-corrected chi connectivity index (χ0v) is 19.2. The molecule has 0 aromatic rings. The first-order chi connectivity index (χ1) is 13.0. The third-order valence-electron chi connectivity index (χ3n) is 4.25. The van der Waals surface area contributed by atoms with Gasteiger partial charge in [-0.2, -0.15) is 0 Å². The van der Waals surface area contributed by atoms with Crippen LogP contribution in [-0.2, 0) is 18.6 Å². The van der Waals surface area contributed by atoms with E-state index in [-0.39, 0.29) is 25.0 Å². The molecule has 0 heterocycles. The Morgan fingerprint density at radius 3 is 2.25 bits per heavy atom. The van der Waals surface area contributed by atoms with Gasteiger partial charge in [-0.15, -0.1) is 0 Å². The molecule has 0 aromatic heterocycles. The van der Waals surface area contributed by atoms with E-state index in [1.165, 1.54) is 19.3 Å². The van der Waals surface area contributed by atoms with E-state index in [0.717, 1.165) is 19.3 Å². The summed E-state index contributed by atoms with van der Waals surface area (Å²) in [5, 5.41) is 2.87. The Kier molecular flexibility index (Phi) is 14.2. The lowest BCUT2D eigenvalue weighted by Gasteiger charge is -2.33. The third-order valence-corrected chi connectivity index (χ3v) is 4.81. The molecule has 28 heavy (non-hydrogen) atoms. The summed E-state index contributed by atoms with van der Waals surface area (Å²) >= 11 is 0. The Morgan fingerprint density at radius 2 is 1.71 bits per heavy atom. The molecule has 168 valence electrons. The van der Waals surface area contributed by atoms with Crippen LogP contribution in [0.2, 0.25) is 0 Å². The van der Waals surface area contributed by atoms with Gasteiger partial charge in [-0.3, -0.25) is 9.36 Å². The van der Waals surface area contributed by atoms with Crippen LogP contribution in [-0.4, -0.2) is 68.3 Å². The molecule has 0 saturated carbocycles. The number of ether oxygens (including phenoxy) is 1. The molecule has 0 aliphatic rings. The molecule has 2 N–H and O–H groups in total. The van der Waals surface area contributed by atoms with Crippen molar-refractivity contribution >= 4 is 13.7 Å². The third kappa shape index (κ3) is 17.6. The smallest absolute Gasteiger partial charge is 0.265 e. The van der Waals surface area contributed by atoms with E-state index in [2.05, 4.69) is 12.2 Å². The van der Waals surface area contributed by atoms with E-state index in [0.29, 0.717) is 24.1 Å². The predicted molar refractivity (Wildman–Crippen MR) is 109 cm³/mol. The quantitative estimate of drug-likeness (QED) is 0.211. The standard InChI is InChI=1S/C19H41N2O6P/c1-6-8-9-10-11-12-13-19(22)20-15-17(26-7-2)14-18(16-21(3,4)5)27-28(23,24)25/h17-18H,6-16H2,1-5H3,(H2-,20,22,23,24,25). The number of hydrogen-bond donors (Lipinski definition) is 2. The Labute approximate surface area is 170 Å². The number of rotatable bonds is 17. The minimum absolute atomic E-state index is 0.0269. The summed E-state index contributed by atoms with van der Waals surface area (Å²) in [5.74, 6) is -0.0269. The monoisotopic (exact) mass is 424 g/mol. The Hall–Kier alpha value is -0.500. The minimum Gasteiger partial charge on any atom is -0.756 e. The molecule has 0 rings (SSSR count). The van der Waals surface area contributed by atoms with Crippen LogP contribution in [0.1, 0.15) is 65.2 Å². The number of likely N-dealkylation sites (N-methyl/N-ethyl adjacent to an activating group) is 1. The van der Waals surface area contributed by atoms with Gasteiger partial charge in [0.25, 0.3) is 7.82 Å². The highest BCUT2D eigenvalue weighted by atomic mass is 31.2. The molecule has 0 aliphatic heterocycles. The predicted octanol–water partition coefficient (Wildman–Crippen LogP) is 2.20. The summed E-state index contributed by atoms with van der Waals surface area (Å²) in [6.07, 6.45) is 6.35. The van der Waals surface area contributed by atoms with Gasteiger partial charge in [-0.25, -0.2) is 0 Å². The zero-order chi connectivity index (χ0) is 21.6. The number of hydrogen-bond acceptors (Lipinski definition) is 5. The summed E-state index contributed by atoms with van der Waals surface area (Å²) in [7, 11) is 0.862. The SMILES string of the molecule is CCCCCCCCC(=O)NCC(CC(C[N+](C)(C)C)OP(=O)([O-])O)OCC.